The molecule has 0 saturated carbocycles. The highest BCUT2D eigenvalue weighted by atomic mass is 79.9. The largest absolute Gasteiger partial charge is 1.00 e. The van der Waals surface area contributed by atoms with Gasteiger partial charge in [0.25, 0.3) is 0 Å². The molecule has 3 rings (SSSR count). The Kier molecular flexibility index (Phi) is 3.36. The molecule has 1 aliphatic rings. The van der Waals surface area contributed by atoms with Crippen LogP contribution < -0.4 is 21.5 Å². The lowest BCUT2D eigenvalue weighted by atomic mass is 10.0. The number of thiazole rings is 1. The van der Waals surface area contributed by atoms with Crippen molar-refractivity contribution in [1.29, 1.82) is 0 Å². The van der Waals surface area contributed by atoms with E-state index in [1.165, 1.54) is 36.3 Å². The Balaban J connectivity index is 0.000000963. The molecule has 0 atom stereocenters. The zero-order chi connectivity index (χ0) is 10.3. The van der Waals surface area contributed by atoms with Crippen LogP contribution in [0.2, 0.25) is 0 Å². The summed E-state index contributed by atoms with van der Waals surface area (Å²) in [5.41, 5.74) is 1.51. The molecule has 0 saturated heterocycles. The minimum atomic E-state index is 0. The van der Waals surface area contributed by atoms with Crippen molar-refractivity contribution >= 4 is 16.3 Å². The van der Waals surface area contributed by atoms with Gasteiger partial charge < -0.3 is 17.0 Å². The number of hydrogen-bond donors (Lipinski definition) is 0. The molecule has 84 valence electrons. The van der Waals surface area contributed by atoms with Gasteiger partial charge in [-0.15, -0.1) is 6.42 Å². The zero-order valence-corrected chi connectivity index (χ0v) is 11.4. The van der Waals surface area contributed by atoms with Crippen LogP contribution in [0.5, 0.6) is 0 Å². The average molecular weight is 297 g/mol. The maximum absolute atomic E-state index is 5.36. The van der Waals surface area contributed by atoms with E-state index < -0.39 is 0 Å². The molecule has 0 aromatic carbocycles. The van der Waals surface area contributed by atoms with Crippen molar-refractivity contribution in [2.45, 2.75) is 32.2 Å². The molecular formula is C12H13BrN2S. The number of aryl methyl sites for hydroxylation is 2. The highest BCUT2D eigenvalue weighted by Gasteiger charge is 2.23. The second-order valence-corrected chi connectivity index (χ2v) is 5.02. The third kappa shape index (κ3) is 1.68. The Bertz CT molecular complexity index is 547. The molecule has 0 spiro atoms. The van der Waals surface area contributed by atoms with Crippen LogP contribution >= 0.6 is 11.3 Å². The normalized spacial score (nSPS) is 14.2. The molecule has 2 heterocycles. The molecule has 0 aliphatic heterocycles. The van der Waals surface area contributed by atoms with Gasteiger partial charge in [-0.3, -0.25) is 0 Å². The van der Waals surface area contributed by atoms with Crippen molar-refractivity contribution in [3.63, 3.8) is 0 Å². The number of halogens is 1. The van der Waals surface area contributed by atoms with Gasteiger partial charge in [0.2, 0.25) is 0 Å². The number of hydrogen-bond acceptors (Lipinski definition) is 1. The lowest BCUT2D eigenvalue weighted by molar-refractivity contribution is -0.656. The predicted octanol–water partition coefficient (Wildman–Crippen LogP) is -1.20. The van der Waals surface area contributed by atoms with Gasteiger partial charge in [-0.1, -0.05) is 17.3 Å². The van der Waals surface area contributed by atoms with Crippen LogP contribution in [-0.4, -0.2) is 4.40 Å². The molecule has 0 unspecified atom stereocenters. The maximum Gasteiger partial charge on any atom is 0.346 e. The van der Waals surface area contributed by atoms with Crippen molar-refractivity contribution in [1.82, 2.24) is 4.40 Å². The van der Waals surface area contributed by atoms with Crippen LogP contribution in [0.4, 0.5) is 0 Å². The first-order chi connectivity index (χ1) is 7.40. The van der Waals surface area contributed by atoms with Crippen LogP contribution in [-0.2, 0) is 19.4 Å². The van der Waals surface area contributed by atoms with Gasteiger partial charge in [0.05, 0.1) is 4.88 Å². The van der Waals surface area contributed by atoms with E-state index in [-0.39, 0.29) is 17.0 Å². The van der Waals surface area contributed by atoms with E-state index in [4.69, 9.17) is 6.42 Å². The number of nitrogens with zero attached hydrogens (tertiary/aromatic N) is 2. The lowest BCUT2D eigenvalue weighted by Gasteiger charge is -2.06. The molecule has 2 aromatic heterocycles. The number of fused-ring (bicyclic) bond motifs is 3. The smallest absolute Gasteiger partial charge is 0.346 e. The molecule has 1 aliphatic carbocycles. The van der Waals surface area contributed by atoms with Crippen LogP contribution in [0, 0.1) is 12.3 Å². The maximum atomic E-state index is 5.36. The van der Waals surface area contributed by atoms with E-state index in [1.807, 2.05) is 11.3 Å². The molecule has 0 amide bonds. The topological polar surface area (TPSA) is 8.29 Å². The summed E-state index contributed by atoms with van der Waals surface area (Å²) in [6, 6.07) is 0. The van der Waals surface area contributed by atoms with Gasteiger partial charge in [-0.2, -0.15) is 4.40 Å². The van der Waals surface area contributed by atoms with Crippen LogP contribution in [0.3, 0.4) is 0 Å². The Labute approximate surface area is 110 Å². The first-order valence-electron chi connectivity index (χ1n) is 5.34. The minimum Gasteiger partial charge on any atom is -1.00 e. The van der Waals surface area contributed by atoms with Crippen LogP contribution in [0.1, 0.15) is 23.4 Å². The first kappa shape index (κ1) is 11.7. The fraction of sp³-hybridized carbons (Fsp3) is 0.417. The summed E-state index contributed by atoms with van der Waals surface area (Å²) >= 11 is 1.90. The quantitative estimate of drug-likeness (QED) is 0.462. The van der Waals surface area contributed by atoms with E-state index in [1.54, 1.807) is 4.88 Å². The second kappa shape index (κ2) is 4.60. The number of aromatic nitrogens is 2. The van der Waals surface area contributed by atoms with Gasteiger partial charge in [-0.05, 0) is 19.3 Å². The minimum absolute atomic E-state index is 0. The van der Waals surface area contributed by atoms with Gasteiger partial charge in [0.1, 0.15) is 18.1 Å². The number of imidazole rings is 1. The van der Waals surface area contributed by atoms with Crippen molar-refractivity contribution in [2.24, 2.45) is 0 Å². The van der Waals surface area contributed by atoms with Crippen LogP contribution in [0.15, 0.2) is 12.4 Å². The van der Waals surface area contributed by atoms with Crippen molar-refractivity contribution in [3.8, 4) is 12.3 Å². The second-order valence-electron chi connectivity index (χ2n) is 3.96. The Morgan fingerprint density at radius 2 is 2.25 bits per heavy atom. The Morgan fingerprint density at radius 1 is 1.44 bits per heavy atom. The van der Waals surface area contributed by atoms with Gasteiger partial charge >= 0.3 is 4.96 Å². The van der Waals surface area contributed by atoms with Crippen LogP contribution in [0.25, 0.3) is 4.96 Å². The van der Waals surface area contributed by atoms with E-state index in [9.17, 15) is 0 Å². The number of terminal acetylenes is 1. The third-order valence-corrected chi connectivity index (χ3v) is 4.30. The lowest BCUT2D eigenvalue weighted by Crippen LogP contribution is -3.00. The van der Waals surface area contributed by atoms with Crippen molar-refractivity contribution < 1.29 is 21.5 Å². The summed E-state index contributed by atoms with van der Waals surface area (Å²) < 4.78 is 4.47. The molecule has 16 heavy (non-hydrogen) atoms. The molecule has 0 radical (unpaired) electrons. The van der Waals surface area contributed by atoms with E-state index >= 15 is 0 Å². The summed E-state index contributed by atoms with van der Waals surface area (Å²) in [4.78, 5) is 2.85. The summed E-state index contributed by atoms with van der Waals surface area (Å²) in [6.07, 6.45) is 14.7. The predicted molar refractivity (Wildman–Crippen MR) is 60.9 cm³/mol. The standard InChI is InChI=1S/C12H13N2S.BrH/c1-2-7-13-8-9-14-10-5-3-4-6-11(10)15-12(13)14;/h1,8-9H,3-7H2;1H/q+1;/p-1. The van der Waals surface area contributed by atoms with Crippen molar-refractivity contribution in [2.75, 3.05) is 0 Å². The first-order valence-corrected chi connectivity index (χ1v) is 6.16. The Hall–Kier alpha value is -0.790. The van der Waals surface area contributed by atoms with E-state index in [0.29, 0.717) is 6.54 Å². The molecule has 0 bridgehead atoms. The molecule has 0 fully saturated rings. The molecule has 2 nitrogen and oxygen atoms in total. The highest BCUT2D eigenvalue weighted by molar-refractivity contribution is 7.16. The Morgan fingerprint density at radius 3 is 3.06 bits per heavy atom. The summed E-state index contributed by atoms with van der Waals surface area (Å²) in [7, 11) is 0. The van der Waals surface area contributed by atoms with E-state index in [0.717, 1.165) is 0 Å². The summed E-state index contributed by atoms with van der Waals surface area (Å²) in [5.74, 6) is 2.70. The van der Waals surface area contributed by atoms with Gasteiger partial charge in [0, 0.05) is 6.42 Å². The third-order valence-electron chi connectivity index (χ3n) is 3.00. The molecule has 4 heteroatoms. The molecule has 0 N–H and O–H groups in total. The van der Waals surface area contributed by atoms with Gasteiger partial charge in [-0.25, -0.2) is 4.57 Å². The summed E-state index contributed by atoms with van der Waals surface area (Å²) in [5, 5.41) is 0. The fourth-order valence-corrected chi connectivity index (χ4v) is 3.58. The molecular weight excluding hydrogens is 284 g/mol. The molecule has 2 aromatic rings. The average Bonchev–Trinajstić information content (AvgIpc) is 2.79. The van der Waals surface area contributed by atoms with Crippen molar-refractivity contribution in [3.05, 3.63) is 23.0 Å². The monoisotopic (exact) mass is 296 g/mol. The highest BCUT2D eigenvalue weighted by Crippen LogP contribution is 2.28. The summed E-state index contributed by atoms with van der Waals surface area (Å²) in [6.45, 7) is 0.676. The van der Waals surface area contributed by atoms with E-state index in [2.05, 4.69) is 27.3 Å². The SMILES string of the molecule is C#CC[n+]1ccn2c3c(sc21)CCCC3.[Br-]. The zero-order valence-electron chi connectivity index (χ0n) is 8.95. The fourth-order valence-electron chi connectivity index (χ4n) is 2.28. The van der Waals surface area contributed by atoms with Gasteiger partial charge in [0.15, 0.2) is 6.54 Å². The number of rotatable bonds is 1.